The molecule has 0 saturated carbocycles. The summed E-state index contributed by atoms with van der Waals surface area (Å²) in [5.74, 6) is 0.250. The Morgan fingerprint density at radius 3 is 2.53 bits per heavy atom. The fourth-order valence-corrected chi connectivity index (χ4v) is 1.66. The van der Waals surface area contributed by atoms with Gasteiger partial charge in [-0.25, -0.2) is 0 Å². The van der Waals surface area contributed by atoms with Gasteiger partial charge in [-0.1, -0.05) is 12.1 Å². The molecule has 3 N–H and O–H groups in total. The quantitative estimate of drug-likeness (QED) is 0.812. The highest BCUT2D eigenvalue weighted by atomic mass is 16.5. The molecule has 1 atom stereocenters. The molecule has 1 aromatic rings. The number of benzene rings is 1. The maximum atomic E-state index is 11.3. The lowest BCUT2D eigenvalue weighted by molar-refractivity contribution is -0.123. The molecule has 0 aliphatic rings. The fourth-order valence-electron chi connectivity index (χ4n) is 1.66. The fraction of sp³-hybridized carbons (Fsp3) is 0.429. The van der Waals surface area contributed by atoms with Gasteiger partial charge in [-0.15, -0.1) is 0 Å². The van der Waals surface area contributed by atoms with Gasteiger partial charge < -0.3 is 10.5 Å². The van der Waals surface area contributed by atoms with Crippen molar-refractivity contribution in [2.45, 2.75) is 32.4 Å². The standard InChI is InChI=1S/C14H19N3O2/c1-10(17-14(2,3)13(16)18)11-4-6-12(7-5-11)19-9-8-15/h4-7,10,17H,9H2,1-3H3,(H2,16,18). The number of ether oxygens (including phenoxy) is 1. The number of nitrogens with two attached hydrogens (primary N) is 1. The second-order valence-corrected chi connectivity index (χ2v) is 4.87. The van der Waals surface area contributed by atoms with Crippen molar-refractivity contribution in [3.63, 3.8) is 0 Å². The van der Waals surface area contributed by atoms with E-state index in [1.807, 2.05) is 25.1 Å². The number of nitriles is 1. The molecule has 5 heteroatoms. The number of nitrogens with one attached hydrogen (secondary N) is 1. The Balaban J connectivity index is 2.70. The number of nitrogens with zero attached hydrogens (tertiary/aromatic N) is 1. The van der Waals surface area contributed by atoms with Gasteiger partial charge in [-0.3, -0.25) is 10.1 Å². The lowest BCUT2D eigenvalue weighted by Gasteiger charge is -2.27. The van der Waals surface area contributed by atoms with Crippen molar-refractivity contribution in [2.24, 2.45) is 5.73 Å². The number of rotatable bonds is 6. The average Bonchev–Trinajstić information content (AvgIpc) is 2.36. The normalized spacial score (nSPS) is 12.5. The summed E-state index contributed by atoms with van der Waals surface area (Å²) < 4.78 is 5.17. The van der Waals surface area contributed by atoms with E-state index < -0.39 is 11.4 Å². The summed E-state index contributed by atoms with van der Waals surface area (Å²) in [6, 6.07) is 9.26. The molecule has 5 nitrogen and oxygen atoms in total. The van der Waals surface area contributed by atoms with Gasteiger partial charge in [0.1, 0.15) is 11.8 Å². The van der Waals surface area contributed by atoms with E-state index >= 15 is 0 Å². The highest BCUT2D eigenvalue weighted by Crippen LogP contribution is 2.19. The van der Waals surface area contributed by atoms with Gasteiger partial charge in [0.25, 0.3) is 0 Å². The van der Waals surface area contributed by atoms with Crippen LogP contribution in [0.25, 0.3) is 0 Å². The summed E-state index contributed by atoms with van der Waals surface area (Å²) in [5, 5.41) is 11.6. The Labute approximate surface area is 113 Å². The van der Waals surface area contributed by atoms with Crippen LogP contribution in [-0.2, 0) is 4.79 Å². The Hall–Kier alpha value is -2.06. The number of carbonyl (C=O) groups excluding carboxylic acids is 1. The molecule has 0 saturated heterocycles. The van der Waals surface area contributed by atoms with Crippen LogP contribution >= 0.6 is 0 Å². The Kier molecular flexibility index (Phi) is 4.90. The van der Waals surface area contributed by atoms with Crippen LogP contribution in [0.3, 0.4) is 0 Å². The molecule has 1 rings (SSSR count). The number of hydrogen-bond donors (Lipinski definition) is 2. The van der Waals surface area contributed by atoms with E-state index in [9.17, 15) is 4.79 Å². The molecule has 0 heterocycles. The van der Waals surface area contributed by atoms with Crippen LogP contribution in [0.2, 0.25) is 0 Å². The van der Waals surface area contributed by atoms with E-state index in [0.29, 0.717) is 5.75 Å². The minimum absolute atomic E-state index is 0.0208. The zero-order chi connectivity index (χ0) is 14.5. The molecule has 0 bridgehead atoms. The Bertz CT molecular complexity index is 474. The van der Waals surface area contributed by atoms with Crippen LogP contribution in [0.1, 0.15) is 32.4 Å². The van der Waals surface area contributed by atoms with Crippen LogP contribution in [0, 0.1) is 11.3 Å². The number of carbonyl (C=O) groups is 1. The molecule has 0 aromatic heterocycles. The molecule has 102 valence electrons. The largest absolute Gasteiger partial charge is 0.479 e. The van der Waals surface area contributed by atoms with Crippen LogP contribution in [-0.4, -0.2) is 18.1 Å². The summed E-state index contributed by atoms with van der Waals surface area (Å²) in [5.41, 5.74) is 5.57. The highest BCUT2D eigenvalue weighted by Gasteiger charge is 2.26. The van der Waals surface area contributed by atoms with Crippen molar-refractivity contribution in [3.05, 3.63) is 29.8 Å². The molecule has 1 amide bonds. The van der Waals surface area contributed by atoms with Gasteiger partial charge in [0.2, 0.25) is 5.91 Å². The van der Waals surface area contributed by atoms with Gasteiger partial charge in [0, 0.05) is 6.04 Å². The van der Waals surface area contributed by atoms with E-state index in [1.165, 1.54) is 0 Å². The molecular formula is C14H19N3O2. The van der Waals surface area contributed by atoms with Crippen LogP contribution < -0.4 is 15.8 Å². The minimum Gasteiger partial charge on any atom is -0.479 e. The third kappa shape index (κ3) is 4.27. The van der Waals surface area contributed by atoms with Gasteiger partial charge in [-0.2, -0.15) is 5.26 Å². The predicted molar refractivity (Wildman–Crippen MR) is 72.4 cm³/mol. The van der Waals surface area contributed by atoms with E-state index in [2.05, 4.69) is 5.32 Å². The summed E-state index contributed by atoms with van der Waals surface area (Å²) in [6.07, 6.45) is 0. The van der Waals surface area contributed by atoms with Crippen molar-refractivity contribution in [3.8, 4) is 11.8 Å². The first-order chi connectivity index (χ1) is 8.86. The lowest BCUT2D eigenvalue weighted by Crippen LogP contribution is -2.51. The summed E-state index contributed by atoms with van der Waals surface area (Å²) in [4.78, 5) is 11.3. The van der Waals surface area contributed by atoms with Crippen molar-refractivity contribution in [1.82, 2.24) is 5.32 Å². The first-order valence-corrected chi connectivity index (χ1v) is 6.04. The van der Waals surface area contributed by atoms with Crippen LogP contribution in [0.5, 0.6) is 5.75 Å². The predicted octanol–water partition coefficient (Wildman–Crippen LogP) is 1.50. The van der Waals surface area contributed by atoms with E-state index in [4.69, 9.17) is 15.7 Å². The summed E-state index contributed by atoms with van der Waals surface area (Å²) in [7, 11) is 0. The summed E-state index contributed by atoms with van der Waals surface area (Å²) in [6.45, 7) is 5.48. The SMILES string of the molecule is CC(NC(C)(C)C(N)=O)c1ccc(OCC#N)cc1. The van der Waals surface area contributed by atoms with Gasteiger partial charge in [-0.05, 0) is 38.5 Å². The van der Waals surface area contributed by atoms with Gasteiger partial charge in [0.05, 0.1) is 5.54 Å². The smallest absolute Gasteiger partial charge is 0.237 e. The first kappa shape index (κ1) is 15.0. The van der Waals surface area contributed by atoms with Crippen molar-refractivity contribution in [1.29, 1.82) is 5.26 Å². The third-order valence-corrected chi connectivity index (χ3v) is 2.88. The zero-order valence-corrected chi connectivity index (χ0v) is 11.4. The molecule has 0 fully saturated rings. The second-order valence-electron chi connectivity index (χ2n) is 4.87. The number of primary amides is 1. The molecule has 0 aliphatic heterocycles. The maximum absolute atomic E-state index is 11.3. The topological polar surface area (TPSA) is 88.1 Å². The third-order valence-electron chi connectivity index (χ3n) is 2.88. The van der Waals surface area contributed by atoms with Crippen molar-refractivity contribution >= 4 is 5.91 Å². The molecule has 1 aromatic carbocycles. The van der Waals surface area contributed by atoms with E-state index in [0.717, 1.165) is 5.56 Å². The first-order valence-electron chi connectivity index (χ1n) is 6.04. The van der Waals surface area contributed by atoms with Gasteiger partial charge in [0.15, 0.2) is 6.61 Å². The molecule has 1 unspecified atom stereocenters. The molecule has 19 heavy (non-hydrogen) atoms. The Morgan fingerprint density at radius 1 is 1.47 bits per heavy atom. The van der Waals surface area contributed by atoms with Crippen molar-refractivity contribution < 1.29 is 9.53 Å². The van der Waals surface area contributed by atoms with Gasteiger partial charge >= 0.3 is 0 Å². The van der Waals surface area contributed by atoms with Crippen LogP contribution in [0.15, 0.2) is 24.3 Å². The average molecular weight is 261 g/mol. The monoisotopic (exact) mass is 261 g/mol. The van der Waals surface area contributed by atoms with E-state index in [1.54, 1.807) is 26.0 Å². The number of amides is 1. The number of hydrogen-bond acceptors (Lipinski definition) is 4. The molecule has 0 radical (unpaired) electrons. The molecule has 0 aliphatic carbocycles. The minimum atomic E-state index is -0.768. The second kappa shape index (κ2) is 6.21. The van der Waals surface area contributed by atoms with Crippen LogP contribution in [0.4, 0.5) is 0 Å². The van der Waals surface area contributed by atoms with Crippen molar-refractivity contribution in [2.75, 3.05) is 6.61 Å². The zero-order valence-electron chi connectivity index (χ0n) is 11.4. The Morgan fingerprint density at radius 2 is 2.05 bits per heavy atom. The maximum Gasteiger partial charge on any atom is 0.237 e. The summed E-state index contributed by atoms with van der Waals surface area (Å²) >= 11 is 0. The molecular weight excluding hydrogens is 242 g/mol. The highest BCUT2D eigenvalue weighted by molar-refractivity contribution is 5.83. The van der Waals surface area contributed by atoms with E-state index in [-0.39, 0.29) is 12.6 Å². The lowest BCUT2D eigenvalue weighted by atomic mass is 10.0. The molecule has 0 spiro atoms.